The number of nitrogens with zero attached hydrogens (tertiary/aromatic N) is 2. The van der Waals surface area contributed by atoms with Crippen LogP contribution in [-0.4, -0.2) is 79.3 Å². The Hall–Kier alpha value is -3.21. The van der Waals surface area contributed by atoms with Crippen molar-refractivity contribution >= 4 is 29.7 Å². The molecule has 1 aromatic rings. The van der Waals surface area contributed by atoms with Crippen LogP contribution in [0.25, 0.3) is 0 Å². The van der Waals surface area contributed by atoms with Crippen molar-refractivity contribution in [2.24, 2.45) is 0 Å². The summed E-state index contributed by atoms with van der Waals surface area (Å²) in [5.74, 6) is -1.55. The van der Waals surface area contributed by atoms with Crippen molar-refractivity contribution in [3.63, 3.8) is 0 Å². The number of aromatic nitrogens is 1. The molecule has 0 aliphatic rings. The van der Waals surface area contributed by atoms with Crippen LogP contribution in [0.3, 0.4) is 0 Å². The van der Waals surface area contributed by atoms with E-state index in [0.717, 1.165) is 5.82 Å². The Morgan fingerprint density at radius 1 is 1.00 bits per heavy atom. The van der Waals surface area contributed by atoms with Crippen molar-refractivity contribution in [2.45, 2.75) is 38.1 Å². The van der Waals surface area contributed by atoms with Crippen LogP contribution in [0.4, 0.5) is 10.6 Å². The number of nitrogens with one attached hydrogen (secondary N) is 3. The third kappa shape index (κ3) is 10.4. The van der Waals surface area contributed by atoms with Crippen LogP contribution in [0.15, 0.2) is 18.3 Å². The highest BCUT2D eigenvalue weighted by atomic mass is 16.4. The molecule has 0 saturated carbocycles. The molecule has 31 heavy (non-hydrogen) atoms. The van der Waals surface area contributed by atoms with Crippen molar-refractivity contribution < 1.29 is 29.4 Å². The molecule has 1 atom stereocenters. The summed E-state index contributed by atoms with van der Waals surface area (Å²) in [5.41, 5.74) is 0.446. The number of carbonyl (C=O) groups is 4. The van der Waals surface area contributed by atoms with E-state index in [1.165, 1.54) is 6.20 Å². The van der Waals surface area contributed by atoms with E-state index >= 15 is 0 Å². The number of unbranched alkanes of at least 4 members (excludes halogenated alkanes) is 1. The first-order valence-corrected chi connectivity index (χ1v) is 10.1. The van der Waals surface area contributed by atoms with E-state index in [2.05, 4.69) is 20.9 Å². The van der Waals surface area contributed by atoms with Gasteiger partial charge < -0.3 is 26.2 Å². The smallest absolute Gasteiger partial charge is 0.326 e. The molecule has 11 heteroatoms. The molecule has 0 fully saturated rings. The summed E-state index contributed by atoms with van der Waals surface area (Å²) in [7, 11) is 5.93. The predicted octanol–water partition coefficient (Wildman–Crippen LogP) is 0.796. The molecule has 0 aliphatic carbocycles. The van der Waals surface area contributed by atoms with Gasteiger partial charge in [-0.3, -0.25) is 14.1 Å². The first-order valence-electron chi connectivity index (χ1n) is 10.1. The number of aliphatic carboxylic acids is 2. The zero-order chi connectivity index (χ0) is 23.4. The number of pyridine rings is 1. The highest BCUT2D eigenvalue weighted by Gasteiger charge is 2.19. The van der Waals surface area contributed by atoms with E-state index < -0.39 is 24.0 Å². The van der Waals surface area contributed by atoms with Crippen molar-refractivity contribution in [3.05, 3.63) is 23.9 Å². The molecule has 1 rings (SSSR count). The van der Waals surface area contributed by atoms with Crippen molar-refractivity contribution in [1.29, 1.82) is 0 Å². The van der Waals surface area contributed by atoms with E-state index in [-0.39, 0.29) is 31.7 Å². The van der Waals surface area contributed by atoms with Crippen LogP contribution in [0.5, 0.6) is 0 Å². The van der Waals surface area contributed by atoms with Gasteiger partial charge in [-0.05, 0) is 31.7 Å². The summed E-state index contributed by atoms with van der Waals surface area (Å²) >= 11 is 0. The zero-order valence-electron chi connectivity index (χ0n) is 18.2. The molecular formula is C20H32N5O6+. The summed E-state index contributed by atoms with van der Waals surface area (Å²) in [6, 6.07) is 1.78. The molecule has 0 saturated heterocycles. The number of quaternary nitrogens is 1. The number of urea groups is 1. The van der Waals surface area contributed by atoms with Crippen LogP contribution in [0, 0.1) is 0 Å². The molecule has 1 heterocycles. The maximum atomic E-state index is 12.2. The molecule has 0 aliphatic heterocycles. The number of rotatable bonds is 13. The molecule has 172 valence electrons. The van der Waals surface area contributed by atoms with Crippen LogP contribution < -0.4 is 20.4 Å². The Morgan fingerprint density at radius 2 is 1.68 bits per heavy atom. The third-order valence-corrected chi connectivity index (χ3v) is 4.36. The minimum absolute atomic E-state index is 0.0790. The van der Waals surface area contributed by atoms with Gasteiger partial charge in [-0.2, -0.15) is 0 Å². The first kappa shape index (κ1) is 25.8. The fraction of sp³-hybridized carbons (Fsp3) is 0.550. The van der Waals surface area contributed by atoms with E-state index in [4.69, 9.17) is 5.11 Å². The number of hydrogen-bond acceptors (Lipinski definition) is 5. The Labute approximate surface area is 181 Å². The van der Waals surface area contributed by atoms with Crippen molar-refractivity contribution in [2.75, 3.05) is 34.2 Å². The largest absolute Gasteiger partial charge is 0.481 e. The molecule has 5 N–H and O–H groups in total. The molecular weight excluding hydrogens is 406 g/mol. The van der Waals surface area contributed by atoms with E-state index in [1.54, 1.807) is 12.1 Å². The van der Waals surface area contributed by atoms with E-state index in [9.17, 15) is 24.3 Å². The second-order valence-electron chi connectivity index (χ2n) is 7.96. The van der Waals surface area contributed by atoms with E-state index in [1.807, 2.05) is 21.1 Å². The summed E-state index contributed by atoms with van der Waals surface area (Å²) in [4.78, 5) is 49.9. The predicted molar refractivity (Wildman–Crippen MR) is 115 cm³/mol. The average Bonchev–Trinajstić information content (AvgIpc) is 2.69. The van der Waals surface area contributed by atoms with Crippen molar-refractivity contribution in [1.82, 2.24) is 25.4 Å². The molecule has 0 unspecified atom stereocenters. The second kappa shape index (κ2) is 12.5. The quantitative estimate of drug-likeness (QED) is 0.225. The van der Waals surface area contributed by atoms with E-state index in [0.29, 0.717) is 29.4 Å². The molecule has 3 amide bonds. The van der Waals surface area contributed by atoms with Crippen LogP contribution >= 0.6 is 0 Å². The standard InChI is InChI=1S/C20H31N5O6/c1-25(2,3)16-10-9-14(13-23-16)18(28)21-11-5-4-7-15(19(29)30)24-20(31)22-12-6-8-17(26)27/h9-10,13,15H,4-8,11-12H2,1-3H3,(H4-,21,22,24,26,27,28,29,30,31)/p+1/t15-/m0/s1. The number of hydrogen-bond donors (Lipinski definition) is 5. The van der Waals surface area contributed by atoms with Crippen molar-refractivity contribution in [3.8, 4) is 0 Å². The van der Waals surface area contributed by atoms with Gasteiger partial charge in [-0.1, -0.05) is 0 Å². The number of carbonyl (C=O) groups excluding carboxylic acids is 2. The number of carboxylic acids is 2. The molecule has 0 bridgehead atoms. The summed E-state index contributed by atoms with van der Waals surface area (Å²) in [6.07, 6.45) is 2.93. The van der Waals surface area contributed by atoms with Gasteiger partial charge in [0.25, 0.3) is 5.91 Å². The topological polar surface area (TPSA) is 158 Å². The zero-order valence-corrected chi connectivity index (χ0v) is 18.2. The lowest BCUT2D eigenvalue weighted by atomic mass is 10.1. The average molecular weight is 439 g/mol. The van der Waals surface area contributed by atoms with Gasteiger partial charge in [-0.25, -0.2) is 14.6 Å². The summed E-state index contributed by atoms with van der Waals surface area (Å²) in [5, 5.41) is 25.3. The van der Waals surface area contributed by atoms with Gasteiger partial charge in [0.1, 0.15) is 6.04 Å². The number of carboxylic acid groups (broad SMARTS) is 2. The Kier molecular flexibility index (Phi) is 10.4. The van der Waals surface area contributed by atoms with Gasteiger partial charge in [-0.15, -0.1) is 0 Å². The number of amides is 3. The molecule has 0 aromatic carbocycles. The monoisotopic (exact) mass is 438 g/mol. The normalized spacial score (nSPS) is 12.0. The highest BCUT2D eigenvalue weighted by molar-refractivity contribution is 5.94. The lowest BCUT2D eigenvalue weighted by molar-refractivity contribution is -0.139. The van der Waals surface area contributed by atoms with Gasteiger partial charge in [0.15, 0.2) is 0 Å². The Bertz CT molecular complexity index is 760. The molecule has 11 nitrogen and oxygen atoms in total. The Morgan fingerprint density at radius 3 is 2.23 bits per heavy atom. The molecule has 0 radical (unpaired) electrons. The van der Waals surface area contributed by atoms with Crippen LogP contribution in [0.2, 0.25) is 0 Å². The second-order valence-corrected chi connectivity index (χ2v) is 7.96. The van der Waals surface area contributed by atoms with Gasteiger partial charge in [0, 0.05) is 31.8 Å². The maximum Gasteiger partial charge on any atom is 0.326 e. The van der Waals surface area contributed by atoms with Crippen LogP contribution in [0.1, 0.15) is 42.5 Å². The van der Waals surface area contributed by atoms with Gasteiger partial charge in [0.05, 0.1) is 26.7 Å². The van der Waals surface area contributed by atoms with Gasteiger partial charge >= 0.3 is 18.0 Å². The third-order valence-electron chi connectivity index (χ3n) is 4.36. The summed E-state index contributed by atoms with van der Waals surface area (Å²) < 4.78 is 0.543. The first-order chi connectivity index (χ1) is 14.5. The molecule has 0 spiro atoms. The Balaban J connectivity index is 2.32. The maximum absolute atomic E-state index is 12.2. The minimum atomic E-state index is -1.16. The lowest BCUT2D eigenvalue weighted by Crippen LogP contribution is -2.46. The minimum Gasteiger partial charge on any atom is -0.481 e. The van der Waals surface area contributed by atoms with Gasteiger partial charge in [0.2, 0.25) is 5.82 Å². The summed E-state index contributed by atoms with van der Waals surface area (Å²) in [6.45, 7) is 0.505. The lowest BCUT2D eigenvalue weighted by Gasteiger charge is -2.21. The highest BCUT2D eigenvalue weighted by Crippen LogP contribution is 2.13. The molecule has 1 aromatic heterocycles. The van der Waals surface area contributed by atoms with Crippen LogP contribution in [-0.2, 0) is 9.59 Å². The fourth-order valence-corrected chi connectivity index (χ4v) is 2.60. The SMILES string of the molecule is C[N+](C)(C)c1ccc(C(=O)NCCCC[C@H](NC(=O)NCCCC(=O)O)C(=O)O)cn1. The fourth-order valence-electron chi connectivity index (χ4n) is 2.60.